The van der Waals surface area contributed by atoms with Gasteiger partial charge in [0.1, 0.15) is 22.8 Å². The quantitative estimate of drug-likeness (QED) is 0.347. The monoisotopic (exact) mass is 442 g/mol. The fourth-order valence-corrected chi connectivity index (χ4v) is 5.11. The minimum Gasteiger partial charge on any atom is -0.508 e. The van der Waals surface area contributed by atoms with E-state index in [4.69, 9.17) is 5.73 Å². The van der Waals surface area contributed by atoms with Crippen molar-refractivity contribution in [2.75, 3.05) is 14.1 Å². The lowest BCUT2D eigenvalue weighted by Crippen LogP contribution is -2.66. The van der Waals surface area contributed by atoms with Crippen molar-refractivity contribution in [3.05, 3.63) is 46.2 Å². The lowest BCUT2D eigenvalue weighted by atomic mass is 9.60. The molecule has 0 fully saturated rings. The SMILES string of the molecule is Cc1c2c(c(O)c3c(O)cccc13)C(=O)C1(O)C(O)=C(C(N)=O)C(=O)C(N(C)C)C1C2O. The highest BCUT2D eigenvalue weighted by atomic mass is 16.4. The number of phenolic OH excluding ortho intramolecular Hbond substituents is 2. The van der Waals surface area contributed by atoms with Gasteiger partial charge in [0, 0.05) is 0 Å². The Morgan fingerprint density at radius 3 is 2.34 bits per heavy atom. The van der Waals surface area contributed by atoms with E-state index in [1.54, 1.807) is 13.0 Å². The number of hydrogen-bond acceptors (Lipinski definition) is 9. The van der Waals surface area contributed by atoms with Crippen LogP contribution in [0.2, 0.25) is 0 Å². The first-order valence-electron chi connectivity index (χ1n) is 9.73. The summed E-state index contributed by atoms with van der Waals surface area (Å²) in [7, 11) is 2.89. The maximum absolute atomic E-state index is 13.6. The van der Waals surface area contributed by atoms with Crippen LogP contribution in [0.25, 0.3) is 10.8 Å². The number of amides is 1. The number of carbonyl (C=O) groups is 3. The lowest BCUT2D eigenvalue weighted by molar-refractivity contribution is -0.139. The van der Waals surface area contributed by atoms with Crippen LogP contribution in [0.1, 0.15) is 27.6 Å². The predicted octanol–water partition coefficient (Wildman–Crippen LogP) is -0.0533. The van der Waals surface area contributed by atoms with Gasteiger partial charge in [-0.1, -0.05) is 12.1 Å². The van der Waals surface area contributed by atoms with Gasteiger partial charge in [0.15, 0.2) is 11.4 Å². The number of ketones is 2. The highest BCUT2D eigenvalue weighted by molar-refractivity contribution is 6.25. The van der Waals surface area contributed by atoms with E-state index < -0.39 is 63.8 Å². The molecule has 168 valence electrons. The molecule has 0 spiro atoms. The number of aryl methyl sites for hydroxylation is 1. The van der Waals surface area contributed by atoms with Crippen molar-refractivity contribution in [1.29, 1.82) is 0 Å². The maximum atomic E-state index is 13.6. The van der Waals surface area contributed by atoms with E-state index in [0.717, 1.165) is 0 Å². The van der Waals surface area contributed by atoms with Crippen LogP contribution in [0.15, 0.2) is 29.5 Å². The summed E-state index contributed by atoms with van der Waals surface area (Å²) in [5, 5.41) is 55.0. The molecule has 10 nitrogen and oxygen atoms in total. The highest BCUT2D eigenvalue weighted by Gasteiger charge is 2.65. The van der Waals surface area contributed by atoms with Crippen LogP contribution in [0.4, 0.5) is 0 Å². The molecular formula is C22H22N2O8. The molecule has 0 heterocycles. The fourth-order valence-electron chi connectivity index (χ4n) is 5.11. The number of likely N-dealkylation sites (N-methyl/N-ethyl adjacent to an activating group) is 1. The number of aliphatic hydroxyl groups excluding tert-OH is 2. The predicted molar refractivity (Wildman–Crippen MR) is 111 cm³/mol. The van der Waals surface area contributed by atoms with E-state index >= 15 is 0 Å². The third kappa shape index (κ3) is 2.42. The van der Waals surface area contributed by atoms with Crippen molar-refractivity contribution >= 4 is 28.2 Å². The molecule has 2 aromatic rings. The highest BCUT2D eigenvalue weighted by Crippen LogP contribution is 2.54. The average molecular weight is 442 g/mol. The van der Waals surface area contributed by atoms with E-state index in [0.29, 0.717) is 10.9 Å². The third-order valence-corrected chi connectivity index (χ3v) is 6.54. The van der Waals surface area contributed by atoms with E-state index in [1.807, 2.05) is 0 Å². The summed E-state index contributed by atoms with van der Waals surface area (Å²) in [5.41, 5.74) is 1.13. The van der Waals surface area contributed by atoms with Crippen molar-refractivity contribution < 1.29 is 39.9 Å². The molecule has 2 aliphatic carbocycles. The minimum absolute atomic E-state index is 0.0461. The number of hydrogen-bond donors (Lipinski definition) is 6. The fraction of sp³-hybridized carbons (Fsp3) is 0.318. The smallest absolute Gasteiger partial charge is 0.255 e. The second kappa shape index (κ2) is 6.76. The number of aromatic hydroxyl groups is 2. The number of carbonyl (C=O) groups excluding carboxylic acids is 3. The molecule has 0 aliphatic heterocycles. The Labute approximate surface area is 181 Å². The molecule has 2 aliphatic rings. The van der Waals surface area contributed by atoms with Gasteiger partial charge >= 0.3 is 0 Å². The Bertz CT molecular complexity index is 1260. The number of Topliss-reactive ketones (excluding diaryl/α,β-unsaturated/α-hetero) is 2. The Morgan fingerprint density at radius 2 is 1.78 bits per heavy atom. The van der Waals surface area contributed by atoms with Gasteiger partial charge in [-0.3, -0.25) is 19.3 Å². The zero-order chi connectivity index (χ0) is 23.9. The summed E-state index contributed by atoms with van der Waals surface area (Å²) in [4.78, 5) is 39.9. The summed E-state index contributed by atoms with van der Waals surface area (Å²) in [6.45, 7) is 1.56. The maximum Gasteiger partial charge on any atom is 0.255 e. The standard InChI is InChI=1S/C22H22N2O8/c1-7-8-5-4-6-9(25)11(8)16(26)12-10(7)17(27)14-15(24(2)3)18(28)13(21(23)31)20(30)22(14,32)19(12)29/h4-6,14-15,17,25-27,30,32H,1-3H3,(H2,23,31). The zero-order valence-electron chi connectivity index (χ0n) is 17.4. The summed E-state index contributed by atoms with van der Waals surface area (Å²) in [5.74, 6) is -7.47. The molecule has 32 heavy (non-hydrogen) atoms. The van der Waals surface area contributed by atoms with Crippen LogP contribution in [-0.2, 0) is 9.59 Å². The molecular weight excluding hydrogens is 420 g/mol. The van der Waals surface area contributed by atoms with Crippen LogP contribution >= 0.6 is 0 Å². The minimum atomic E-state index is -2.93. The second-order valence-electron chi connectivity index (χ2n) is 8.39. The third-order valence-electron chi connectivity index (χ3n) is 6.54. The number of nitrogens with two attached hydrogens (primary N) is 1. The van der Waals surface area contributed by atoms with Crippen molar-refractivity contribution in [3.8, 4) is 11.5 Å². The molecule has 7 N–H and O–H groups in total. The number of fused-ring (bicyclic) bond motifs is 3. The Morgan fingerprint density at radius 1 is 1.16 bits per heavy atom. The van der Waals surface area contributed by atoms with Gasteiger partial charge in [0.25, 0.3) is 5.91 Å². The Hall–Kier alpha value is -3.47. The molecule has 10 heteroatoms. The van der Waals surface area contributed by atoms with E-state index in [2.05, 4.69) is 0 Å². The summed E-state index contributed by atoms with van der Waals surface area (Å²) < 4.78 is 0. The first-order chi connectivity index (χ1) is 14.9. The Kier molecular flexibility index (Phi) is 4.60. The normalized spacial score (nSPS) is 27.6. The first-order valence-corrected chi connectivity index (χ1v) is 9.73. The zero-order valence-corrected chi connectivity index (χ0v) is 17.4. The van der Waals surface area contributed by atoms with Gasteiger partial charge < -0.3 is 31.3 Å². The topological polar surface area (TPSA) is 182 Å². The number of nitrogens with zero attached hydrogens (tertiary/aromatic N) is 1. The second-order valence-corrected chi connectivity index (χ2v) is 8.39. The number of benzene rings is 2. The molecule has 4 atom stereocenters. The van der Waals surface area contributed by atoms with Gasteiger partial charge in [-0.25, -0.2) is 0 Å². The van der Waals surface area contributed by atoms with Crippen molar-refractivity contribution in [1.82, 2.24) is 4.90 Å². The molecule has 0 saturated carbocycles. The average Bonchev–Trinajstić information content (AvgIpc) is 2.70. The summed E-state index contributed by atoms with van der Waals surface area (Å²) in [6.07, 6.45) is -1.71. The van der Waals surface area contributed by atoms with Gasteiger partial charge in [0.05, 0.1) is 29.0 Å². The molecule has 4 rings (SSSR count). The molecule has 0 aromatic heterocycles. The summed E-state index contributed by atoms with van der Waals surface area (Å²) in [6, 6.07) is 2.98. The van der Waals surface area contributed by atoms with Gasteiger partial charge in [-0.05, 0) is 43.6 Å². The molecule has 1 amide bonds. The number of aliphatic hydroxyl groups is 3. The number of phenols is 2. The number of primary amides is 1. The van der Waals surface area contributed by atoms with Crippen LogP contribution in [0.5, 0.6) is 11.5 Å². The molecule has 4 unspecified atom stereocenters. The molecule has 0 saturated heterocycles. The number of rotatable bonds is 2. The molecule has 2 aromatic carbocycles. The van der Waals surface area contributed by atoms with Crippen LogP contribution in [-0.4, -0.2) is 73.6 Å². The molecule has 0 radical (unpaired) electrons. The van der Waals surface area contributed by atoms with Crippen molar-refractivity contribution in [3.63, 3.8) is 0 Å². The summed E-state index contributed by atoms with van der Waals surface area (Å²) >= 11 is 0. The lowest BCUT2D eigenvalue weighted by Gasteiger charge is -2.49. The Balaban J connectivity index is 2.17. The van der Waals surface area contributed by atoms with Gasteiger partial charge in [-0.15, -0.1) is 0 Å². The van der Waals surface area contributed by atoms with Crippen LogP contribution in [0, 0.1) is 12.8 Å². The molecule has 0 bridgehead atoms. The van der Waals surface area contributed by atoms with Crippen LogP contribution in [0.3, 0.4) is 0 Å². The van der Waals surface area contributed by atoms with Crippen molar-refractivity contribution in [2.24, 2.45) is 11.7 Å². The van der Waals surface area contributed by atoms with E-state index in [-0.39, 0.29) is 16.7 Å². The van der Waals surface area contributed by atoms with E-state index in [1.165, 1.54) is 31.1 Å². The van der Waals surface area contributed by atoms with E-state index in [9.17, 15) is 39.9 Å². The van der Waals surface area contributed by atoms with Gasteiger partial charge in [0.2, 0.25) is 5.78 Å². The largest absolute Gasteiger partial charge is 0.508 e. The van der Waals surface area contributed by atoms with Crippen molar-refractivity contribution in [2.45, 2.75) is 24.7 Å². The van der Waals surface area contributed by atoms with Crippen LogP contribution < -0.4 is 5.73 Å². The van der Waals surface area contributed by atoms with Gasteiger partial charge in [-0.2, -0.15) is 0 Å². The first kappa shape index (κ1) is 21.8.